The summed E-state index contributed by atoms with van der Waals surface area (Å²) in [7, 11) is 3.98. The number of imidazole rings is 1. The zero-order chi connectivity index (χ0) is 28.1. The van der Waals surface area contributed by atoms with Crippen LogP contribution in [-0.2, 0) is 14.3 Å². The molecule has 1 aliphatic rings. The summed E-state index contributed by atoms with van der Waals surface area (Å²) in [5.74, 6) is 0.312. The Hall–Kier alpha value is -4.26. The lowest BCUT2D eigenvalue weighted by Crippen LogP contribution is -2.45. The number of nitrogens with zero attached hydrogens (tertiary/aromatic N) is 5. The molecule has 0 spiro atoms. The third-order valence-electron chi connectivity index (χ3n) is 6.41. The van der Waals surface area contributed by atoms with Gasteiger partial charge in [0.15, 0.2) is 5.82 Å². The molecular weight excluding hydrogens is 515 g/mol. The first-order valence-corrected chi connectivity index (χ1v) is 12.8. The predicted molar refractivity (Wildman–Crippen MR) is 148 cm³/mol. The number of amides is 1. The molecule has 11 nitrogen and oxygen atoms in total. The number of carbonyl (C=O) groups excluding carboxylic acids is 1. The highest BCUT2D eigenvalue weighted by Crippen LogP contribution is 2.36. The summed E-state index contributed by atoms with van der Waals surface area (Å²) >= 11 is 0. The lowest BCUT2D eigenvalue weighted by molar-refractivity contribution is -0.229. The largest absolute Gasteiger partial charge is 0.353 e. The van der Waals surface area contributed by atoms with Crippen LogP contribution in [-0.4, -0.2) is 76.1 Å². The van der Waals surface area contributed by atoms with E-state index in [9.17, 15) is 9.18 Å². The van der Waals surface area contributed by atoms with E-state index in [-0.39, 0.29) is 24.9 Å². The van der Waals surface area contributed by atoms with Gasteiger partial charge in [0.25, 0.3) is 0 Å². The molecule has 1 aromatic carbocycles. The quantitative estimate of drug-likeness (QED) is 0.287. The number of hydrogen-bond acceptors (Lipinski definition) is 9. The normalized spacial score (nSPS) is 19.0. The Kier molecular flexibility index (Phi) is 8.10. The number of hydrogen-bond donors (Lipinski definition) is 3. The summed E-state index contributed by atoms with van der Waals surface area (Å²) in [4.78, 5) is 36.0. The number of aromatic nitrogens is 5. The first-order valence-electron chi connectivity index (χ1n) is 12.8. The molecule has 12 heteroatoms. The molecule has 1 aliphatic heterocycles. The maximum atomic E-state index is 13.7. The highest BCUT2D eigenvalue weighted by Gasteiger charge is 2.41. The van der Waals surface area contributed by atoms with E-state index in [1.54, 1.807) is 55.8 Å². The molecule has 4 heterocycles. The Labute approximate surface area is 231 Å². The molecule has 1 amide bonds. The average molecular weight is 547 g/mol. The Balaban J connectivity index is 1.37. The van der Waals surface area contributed by atoms with Crippen LogP contribution in [0.3, 0.4) is 0 Å². The molecule has 0 bridgehead atoms. The Bertz CT molecular complexity index is 1440. The summed E-state index contributed by atoms with van der Waals surface area (Å²) in [6.45, 7) is 3.50. The van der Waals surface area contributed by atoms with Gasteiger partial charge in [-0.2, -0.15) is 0 Å². The topological polar surface area (TPSA) is 130 Å². The third kappa shape index (κ3) is 6.30. The lowest BCUT2D eigenvalue weighted by atomic mass is 9.91. The molecule has 0 saturated carbocycles. The Morgan fingerprint density at radius 1 is 1.07 bits per heavy atom. The molecule has 4 aromatic rings. The van der Waals surface area contributed by atoms with Gasteiger partial charge in [0.1, 0.15) is 5.82 Å². The van der Waals surface area contributed by atoms with E-state index >= 15 is 0 Å². The Morgan fingerprint density at radius 3 is 2.50 bits per heavy atom. The summed E-state index contributed by atoms with van der Waals surface area (Å²) in [5, 5.41) is 6.10. The summed E-state index contributed by atoms with van der Waals surface area (Å²) in [6, 6.07) is 11.3. The number of halogens is 1. The molecule has 5 rings (SSSR count). The van der Waals surface area contributed by atoms with Crippen LogP contribution in [0.1, 0.15) is 19.0 Å². The van der Waals surface area contributed by atoms with E-state index in [1.165, 1.54) is 12.1 Å². The molecule has 0 unspecified atom stereocenters. The van der Waals surface area contributed by atoms with Crippen LogP contribution in [0.25, 0.3) is 22.6 Å². The predicted octanol–water partition coefficient (Wildman–Crippen LogP) is 3.73. The van der Waals surface area contributed by atoms with Crippen LogP contribution in [0, 0.1) is 11.2 Å². The summed E-state index contributed by atoms with van der Waals surface area (Å²) in [6.07, 6.45) is 4.04. The third-order valence-corrected chi connectivity index (χ3v) is 6.41. The molecule has 1 fully saturated rings. The molecule has 0 aliphatic carbocycles. The van der Waals surface area contributed by atoms with Crippen molar-refractivity contribution >= 4 is 17.5 Å². The fraction of sp³-hybridized carbons (Fsp3) is 0.321. The summed E-state index contributed by atoms with van der Waals surface area (Å²) < 4.78 is 25.7. The minimum Gasteiger partial charge on any atom is -0.353 e. The van der Waals surface area contributed by atoms with Crippen molar-refractivity contribution in [2.75, 3.05) is 51.0 Å². The second-order valence-electron chi connectivity index (χ2n) is 10.1. The molecule has 0 atom stereocenters. The number of carbonyl (C=O) groups is 1. The molecule has 3 aromatic heterocycles. The number of aromatic amines is 1. The number of benzene rings is 1. The first kappa shape index (κ1) is 27.3. The van der Waals surface area contributed by atoms with Gasteiger partial charge in [-0.1, -0.05) is 0 Å². The number of rotatable bonds is 9. The van der Waals surface area contributed by atoms with Gasteiger partial charge in [0.05, 0.1) is 35.7 Å². The van der Waals surface area contributed by atoms with Gasteiger partial charge in [-0.3, -0.25) is 9.78 Å². The van der Waals surface area contributed by atoms with E-state index < -0.39 is 11.7 Å². The maximum absolute atomic E-state index is 13.7. The second kappa shape index (κ2) is 11.9. The Morgan fingerprint density at radius 2 is 1.80 bits per heavy atom. The van der Waals surface area contributed by atoms with Gasteiger partial charge in [0.2, 0.25) is 18.1 Å². The van der Waals surface area contributed by atoms with Crippen molar-refractivity contribution in [3.05, 3.63) is 72.7 Å². The van der Waals surface area contributed by atoms with Gasteiger partial charge in [-0.25, -0.2) is 19.3 Å². The fourth-order valence-electron chi connectivity index (χ4n) is 4.09. The van der Waals surface area contributed by atoms with Crippen LogP contribution in [0.4, 0.5) is 16.0 Å². The number of anilines is 2. The van der Waals surface area contributed by atoms with Crippen molar-refractivity contribution in [2.45, 2.75) is 13.2 Å². The van der Waals surface area contributed by atoms with Crippen molar-refractivity contribution in [3.8, 4) is 22.6 Å². The molecule has 208 valence electrons. The minimum absolute atomic E-state index is 0.115. The van der Waals surface area contributed by atoms with Gasteiger partial charge < -0.3 is 30.0 Å². The van der Waals surface area contributed by atoms with Crippen molar-refractivity contribution in [1.29, 1.82) is 0 Å². The standard InChI is InChI=1S/C28H31FN8O3/c1-28(26(38)33-20-8-11-30-12-9-20)16-39-25(40-17-28)24-35-22(18-4-6-19(29)7-5-18)23(36-24)21-10-13-31-27(34-21)32-14-15-37(2)3/h4-13,25H,14-17H2,1-3H3,(H,35,36)(H,30,33,38)(H,31,32,34). The van der Waals surface area contributed by atoms with Crippen molar-refractivity contribution in [2.24, 2.45) is 5.41 Å². The van der Waals surface area contributed by atoms with E-state index in [0.29, 0.717) is 46.7 Å². The van der Waals surface area contributed by atoms with Crippen LogP contribution in [0.15, 0.2) is 61.1 Å². The van der Waals surface area contributed by atoms with Crippen molar-refractivity contribution in [1.82, 2.24) is 29.8 Å². The zero-order valence-electron chi connectivity index (χ0n) is 22.5. The number of pyridine rings is 1. The highest BCUT2D eigenvalue weighted by atomic mass is 19.1. The number of H-pyrrole nitrogens is 1. The SMILES string of the molecule is CN(C)CCNc1nccc(-c2[nH]c(C3OCC(C)(C(=O)Nc4ccncc4)CO3)nc2-c2ccc(F)cc2)n1. The minimum atomic E-state index is -0.908. The molecule has 40 heavy (non-hydrogen) atoms. The van der Waals surface area contributed by atoms with E-state index in [2.05, 4.69) is 35.5 Å². The van der Waals surface area contributed by atoms with Crippen LogP contribution < -0.4 is 10.6 Å². The van der Waals surface area contributed by atoms with Crippen molar-refractivity contribution < 1.29 is 18.7 Å². The first-order chi connectivity index (χ1) is 19.3. The fourth-order valence-corrected chi connectivity index (χ4v) is 4.09. The second-order valence-corrected chi connectivity index (χ2v) is 10.1. The molecule has 0 radical (unpaired) electrons. The molecule has 1 saturated heterocycles. The van der Waals surface area contributed by atoms with Gasteiger partial charge in [0, 0.05) is 42.9 Å². The number of likely N-dealkylation sites (N-methyl/N-ethyl adjacent to an activating group) is 1. The van der Waals surface area contributed by atoms with Crippen LogP contribution in [0.5, 0.6) is 0 Å². The lowest BCUT2D eigenvalue weighted by Gasteiger charge is -2.35. The van der Waals surface area contributed by atoms with Gasteiger partial charge in [-0.05, 0) is 63.5 Å². The van der Waals surface area contributed by atoms with E-state index in [1.807, 2.05) is 14.1 Å². The molecule has 3 N–H and O–H groups in total. The van der Waals surface area contributed by atoms with Gasteiger partial charge >= 0.3 is 0 Å². The van der Waals surface area contributed by atoms with E-state index in [0.717, 1.165) is 6.54 Å². The average Bonchev–Trinajstić information content (AvgIpc) is 3.40. The van der Waals surface area contributed by atoms with Crippen molar-refractivity contribution in [3.63, 3.8) is 0 Å². The number of ether oxygens (including phenoxy) is 2. The van der Waals surface area contributed by atoms with Crippen LogP contribution in [0.2, 0.25) is 0 Å². The smallest absolute Gasteiger partial charge is 0.235 e. The zero-order valence-corrected chi connectivity index (χ0v) is 22.5. The number of nitrogens with one attached hydrogen (secondary N) is 3. The molecular formula is C28H31FN8O3. The van der Waals surface area contributed by atoms with Gasteiger partial charge in [-0.15, -0.1) is 0 Å². The summed E-state index contributed by atoms with van der Waals surface area (Å²) in [5.41, 5.74) is 2.19. The van der Waals surface area contributed by atoms with E-state index in [4.69, 9.17) is 14.5 Å². The van der Waals surface area contributed by atoms with Crippen LogP contribution >= 0.6 is 0 Å². The maximum Gasteiger partial charge on any atom is 0.235 e. The highest BCUT2D eigenvalue weighted by molar-refractivity contribution is 5.95. The monoisotopic (exact) mass is 546 g/mol.